The third kappa shape index (κ3) is 4.46. The molecule has 0 unspecified atom stereocenters. The van der Waals surface area contributed by atoms with Gasteiger partial charge >= 0.3 is 0 Å². The number of benzene rings is 9. The smallest absolute Gasteiger partial charge is 0.238 e. The zero-order valence-electron chi connectivity index (χ0n) is 54.1. The molecule has 0 aliphatic heterocycles. The van der Waals surface area contributed by atoms with Crippen LogP contribution in [0.1, 0.15) is 35.6 Å². The SMILES string of the molecule is [2H]c1c([2H])c([2H])c(-c2nc(-c3c([2H])c([2H])c4c5c([2H])c([2H])c([2H])c([2H])c5c5c([2H])c([2H])c([2H])c([2H])c5c4c3[2H])nc(-n3c4c([2H])c([2H])c([2H])c([2H])c4c4c([2H])c([2H])c5c6c([2H])c([2H])c([2H])c([2H])c6n(-c6ccccc6)c5c43)n2)c([2H])c1[2H]. The van der Waals surface area contributed by atoms with Gasteiger partial charge in [0.2, 0.25) is 5.95 Å². The monoisotopic (exact) mass is 739 g/mol. The molecule has 0 bridgehead atoms. The second-order valence-corrected chi connectivity index (χ2v) is 12.4. The Kier molecular flexibility index (Phi) is 3.17. The zero-order chi connectivity index (χ0) is 59.4. The predicted molar refractivity (Wildman–Crippen MR) is 232 cm³/mol. The Morgan fingerprint density at radius 1 is 0.357 bits per heavy atom. The first-order chi connectivity index (χ1) is 38.6. The van der Waals surface area contributed by atoms with Gasteiger partial charge in [-0.25, -0.2) is 4.98 Å². The molecule has 12 aromatic rings. The molecule has 5 nitrogen and oxygen atoms in total. The van der Waals surface area contributed by atoms with Gasteiger partial charge in [-0.3, -0.25) is 4.57 Å². The summed E-state index contributed by atoms with van der Waals surface area (Å²) >= 11 is 0. The number of para-hydroxylation sites is 3. The highest BCUT2D eigenvalue weighted by atomic mass is 15.2. The summed E-state index contributed by atoms with van der Waals surface area (Å²) in [4.78, 5) is 13.9. The minimum Gasteiger partial charge on any atom is -0.307 e. The average molecular weight is 740 g/mol. The van der Waals surface area contributed by atoms with Crippen LogP contribution in [0.4, 0.5) is 0 Å². The van der Waals surface area contributed by atoms with Gasteiger partial charge in [-0.15, -0.1) is 0 Å². The number of rotatable bonds is 4. The van der Waals surface area contributed by atoms with E-state index >= 15 is 0 Å². The van der Waals surface area contributed by atoms with Crippen molar-refractivity contribution in [1.82, 2.24) is 24.1 Å². The third-order valence-electron chi connectivity index (χ3n) is 9.46. The molecule has 0 N–H and O–H groups in total. The molecule has 0 spiro atoms. The number of fused-ring (bicyclic) bond motifs is 13. The van der Waals surface area contributed by atoms with Crippen molar-refractivity contribution in [2.24, 2.45) is 0 Å². The van der Waals surface area contributed by atoms with Crippen molar-refractivity contribution in [1.29, 1.82) is 0 Å². The van der Waals surface area contributed by atoms with Gasteiger partial charge in [-0.1, -0.05) is 157 Å². The summed E-state index contributed by atoms with van der Waals surface area (Å²) in [7, 11) is 0. The van der Waals surface area contributed by atoms with Crippen LogP contribution in [0.3, 0.4) is 0 Å². The number of hydrogen-bond donors (Lipinski definition) is 0. The van der Waals surface area contributed by atoms with E-state index in [2.05, 4.69) is 9.97 Å². The molecule has 5 heteroatoms. The van der Waals surface area contributed by atoms with Crippen molar-refractivity contribution < 1.29 is 35.6 Å². The highest BCUT2D eigenvalue weighted by molar-refractivity contribution is 6.26. The van der Waals surface area contributed by atoms with Crippen LogP contribution in [0.15, 0.2) is 187 Å². The van der Waals surface area contributed by atoms with E-state index in [-0.39, 0.29) is 38.4 Å². The fourth-order valence-corrected chi connectivity index (χ4v) is 7.16. The molecule has 12 rings (SSSR count). The van der Waals surface area contributed by atoms with Crippen LogP contribution < -0.4 is 0 Å². The lowest BCUT2D eigenvalue weighted by molar-refractivity contribution is 0.953. The molecular weight excluding hydrogens is 683 g/mol. The highest BCUT2D eigenvalue weighted by Gasteiger charge is 2.23. The van der Waals surface area contributed by atoms with Gasteiger partial charge < -0.3 is 4.57 Å². The average Bonchev–Trinajstić information content (AvgIpc) is 1.44. The van der Waals surface area contributed by atoms with Crippen LogP contribution in [-0.2, 0) is 0 Å². The lowest BCUT2D eigenvalue weighted by Gasteiger charge is -2.14. The summed E-state index contributed by atoms with van der Waals surface area (Å²) in [6.07, 6.45) is 0. The molecule has 0 aliphatic rings. The van der Waals surface area contributed by atoms with Crippen LogP contribution in [-0.4, -0.2) is 24.1 Å². The Morgan fingerprint density at radius 2 is 0.821 bits per heavy atom. The van der Waals surface area contributed by atoms with Gasteiger partial charge in [0.15, 0.2) is 11.6 Å². The van der Waals surface area contributed by atoms with E-state index < -0.39 is 229 Å². The van der Waals surface area contributed by atoms with Crippen LogP contribution in [0.25, 0.3) is 110 Å². The van der Waals surface area contributed by atoms with Gasteiger partial charge in [-0.05, 0) is 62.6 Å². The maximum Gasteiger partial charge on any atom is 0.238 e. The largest absolute Gasteiger partial charge is 0.307 e. The second kappa shape index (κ2) is 11.9. The fraction of sp³-hybridized carbons (Fsp3) is 0. The molecule has 260 valence electrons. The Bertz CT molecular complexity index is 4980. The van der Waals surface area contributed by atoms with Crippen LogP contribution in [0.2, 0.25) is 0 Å². The van der Waals surface area contributed by atoms with E-state index in [0.29, 0.717) is 0 Å². The number of hydrogen-bond acceptors (Lipinski definition) is 3. The van der Waals surface area contributed by atoms with Gasteiger partial charge in [-0.2, -0.15) is 9.97 Å². The standard InChI is InChI=1S/C51H31N5/c1-3-15-32(16-4-1)49-52-50(33-27-28-39-37-21-8-7-19-35(37)36-20-9-10-22-38(36)44(39)31-33)54-51(53-49)56-46-26-14-12-24-41(46)43-30-29-42-40-23-11-13-25-45(40)55(47(42)48(43)56)34-17-5-2-6-18-34/h1-31H/i1D,3D,4D,7D,8D,9D,10D,11D,12D,13D,14D,15D,16D,19D,20D,21D,22D,23D,24D,25D,26D,27D,28D,29D,30D,31D. The molecule has 0 amide bonds. The Morgan fingerprint density at radius 3 is 1.45 bits per heavy atom. The van der Waals surface area contributed by atoms with Crippen LogP contribution >= 0.6 is 0 Å². The summed E-state index contributed by atoms with van der Waals surface area (Å²) in [6, 6.07) is -13.2. The Labute approximate surface area is 357 Å². The molecular formula is C51H31N5. The van der Waals surface area contributed by atoms with E-state index in [1.165, 1.54) is 4.57 Å². The first kappa shape index (κ1) is 14.9. The topological polar surface area (TPSA) is 48.5 Å². The van der Waals surface area contributed by atoms with Crippen molar-refractivity contribution >= 4 is 75.9 Å². The Balaban J connectivity index is 1.38. The van der Waals surface area contributed by atoms with E-state index in [4.69, 9.17) is 26.9 Å². The van der Waals surface area contributed by atoms with Gasteiger partial charge in [0.25, 0.3) is 0 Å². The van der Waals surface area contributed by atoms with Gasteiger partial charge in [0, 0.05) is 38.4 Å². The predicted octanol–water partition coefficient (Wildman–Crippen LogP) is 12.9. The molecule has 0 radical (unpaired) electrons. The zero-order valence-corrected chi connectivity index (χ0v) is 28.1. The highest BCUT2D eigenvalue weighted by Crippen LogP contribution is 2.42. The minimum absolute atomic E-state index is 0.192. The normalized spacial score (nSPS) is 18.4. The molecule has 0 saturated heterocycles. The molecule has 0 fully saturated rings. The van der Waals surface area contributed by atoms with E-state index in [1.54, 1.807) is 30.3 Å². The lowest BCUT2D eigenvalue weighted by Crippen LogP contribution is -2.07. The quantitative estimate of drug-likeness (QED) is 0.169. The molecule has 0 atom stereocenters. The van der Waals surface area contributed by atoms with Crippen molar-refractivity contribution in [3.05, 3.63) is 187 Å². The van der Waals surface area contributed by atoms with E-state index in [1.807, 2.05) is 0 Å². The molecule has 0 aliphatic carbocycles. The Hall–Kier alpha value is -7.63. The summed E-state index contributed by atoms with van der Waals surface area (Å²) in [5.74, 6) is -2.51. The maximum absolute atomic E-state index is 10.1. The molecule has 56 heavy (non-hydrogen) atoms. The summed E-state index contributed by atoms with van der Waals surface area (Å²) < 4.78 is 239. The van der Waals surface area contributed by atoms with E-state index in [9.17, 15) is 13.7 Å². The second-order valence-electron chi connectivity index (χ2n) is 12.4. The summed E-state index contributed by atoms with van der Waals surface area (Å²) in [5.41, 5.74) is -2.67. The summed E-state index contributed by atoms with van der Waals surface area (Å²) in [6.45, 7) is 0. The van der Waals surface area contributed by atoms with Crippen molar-refractivity contribution in [2.45, 2.75) is 0 Å². The van der Waals surface area contributed by atoms with Crippen molar-refractivity contribution in [3.63, 3.8) is 0 Å². The number of aromatic nitrogens is 5. The van der Waals surface area contributed by atoms with Crippen LogP contribution in [0.5, 0.6) is 0 Å². The first-order valence-electron chi connectivity index (χ1n) is 29.8. The minimum atomic E-state index is -0.970. The molecule has 3 heterocycles. The van der Waals surface area contributed by atoms with Crippen LogP contribution in [0, 0.1) is 0 Å². The summed E-state index contributed by atoms with van der Waals surface area (Å²) in [5, 5.41) is -4.46. The molecule has 3 aromatic heterocycles. The van der Waals surface area contributed by atoms with E-state index in [0.717, 1.165) is 4.57 Å². The van der Waals surface area contributed by atoms with Crippen molar-refractivity contribution in [2.75, 3.05) is 0 Å². The molecule has 9 aromatic carbocycles. The van der Waals surface area contributed by atoms with Crippen molar-refractivity contribution in [3.8, 4) is 34.4 Å². The third-order valence-corrected chi connectivity index (χ3v) is 9.46. The number of nitrogens with zero attached hydrogens (tertiary/aromatic N) is 5. The van der Waals surface area contributed by atoms with Gasteiger partial charge in [0.05, 0.1) is 57.7 Å². The molecule has 0 saturated carbocycles. The fourth-order valence-electron chi connectivity index (χ4n) is 7.16. The van der Waals surface area contributed by atoms with Gasteiger partial charge in [0.1, 0.15) is 0 Å². The first-order valence-corrected chi connectivity index (χ1v) is 16.8. The lowest BCUT2D eigenvalue weighted by atomic mass is 9.93. The maximum atomic E-state index is 10.1.